The molecule has 31 heavy (non-hydrogen) atoms. The van der Waals surface area contributed by atoms with Gasteiger partial charge < -0.3 is 19.7 Å². The lowest BCUT2D eigenvalue weighted by atomic mass is 10.0. The topological polar surface area (TPSA) is 137 Å². The van der Waals surface area contributed by atoms with E-state index >= 15 is 0 Å². The first kappa shape index (κ1) is 19.0. The van der Waals surface area contributed by atoms with E-state index in [2.05, 4.69) is 25.5 Å². The Hall–Kier alpha value is -3.95. The highest BCUT2D eigenvalue weighted by molar-refractivity contribution is 6.06. The maximum absolute atomic E-state index is 12.4. The first-order valence-electron chi connectivity index (χ1n) is 9.93. The Morgan fingerprint density at radius 1 is 1.32 bits per heavy atom. The molecule has 0 aliphatic carbocycles. The lowest BCUT2D eigenvalue weighted by Crippen LogP contribution is -2.36. The molecule has 10 nitrogen and oxygen atoms in total. The maximum Gasteiger partial charge on any atom is 0.326 e. The number of anilines is 2. The van der Waals surface area contributed by atoms with Crippen molar-refractivity contribution in [3.05, 3.63) is 42.5 Å². The number of rotatable bonds is 5. The summed E-state index contributed by atoms with van der Waals surface area (Å²) in [6, 6.07) is 6.72. The monoisotopic (exact) mass is 420 g/mol. The molecular weight excluding hydrogens is 400 g/mol. The first-order valence-corrected chi connectivity index (χ1v) is 9.93. The summed E-state index contributed by atoms with van der Waals surface area (Å²) in [5.41, 5.74) is 2.36. The molecule has 1 aliphatic heterocycles. The summed E-state index contributed by atoms with van der Waals surface area (Å²) < 4.78 is 6.02. The number of nitrogens with zero attached hydrogens (tertiary/aromatic N) is 4. The molecule has 0 bridgehead atoms. The van der Waals surface area contributed by atoms with Gasteiger partial charge >= 0.3 is 5.97 Å². The van der Waals surface area contributed by atoms with Crippen LogP contribution in [0.15, 0.2) is 41.1 Å². The molecule has 0 radical (unpaired) electrons. The molecule has 1 fully saturated rings. The number of benzene rings is 1. The predicted octanol–water partition coefficient (Wildman–Crippen LogP) is 2.72. The van der Waals surface area contributed by atoms with E-state index in [0.29, 0.717) is 47.0 Å². The Kier molecular flexibility index (Phi) is 4.54. The highest BCUT2D eigenvalue weighted by Crippen LogP contribution is 2.37. The zero-order valence-corrected chi connectivity index (χ0v) is 16.7. The molecule has 158 valence electrons. The minimum atomic E-state index is -0.960. The van der Waals surface area contributed by atoms with E-state index in [1.54, 1.807) is 18.0 Å². The molecule has 3 aromatic heterocycles. The van der Waals surface area contributed by atoms with Gasteiger partial charge in [0, 0.05) is 24.5 Å². The minimum absolute atomic E-state index is 0.150. The largest absolute Gasteiger partial charge is 0.480 e. The second-order valence-electron chi connectivity index (χ2n) is 7.72. The Balaban J connectivity index is 1.47. The fraction of sp³-hybridized carbons (Fsp3) is 0.286. The number of aromatic amines is 1. The normalized spacial score (nSPS) is 18.7. The third-order valence-electron chi connectivity index (χ3n) is 5.51. The van der Waals surface area contributed by atoms with Gasteiger partial charge in [-0.05, 0) is 31.4 Å². The summed E-state index contributed by atoms with van der Waals surface area (Å²) in [6.07, 6.45) is 3.62. The van der Waals surface area contributed by atoms with E-state index in [4.69, 9.17) is 4.42 Å². The number of furan rings is 1. The highest BCUT2D eigenvalue weighted by Gasteiger charge is 2.40. The van der Waals surface area contributed by atoms with Gasteiger partial charge in [0.05, 0.1) is 11.9 Å². The number of aryl methyl sites for hydroxylation is 1. The van der Waals surface area contributed by atoms with Crippen molar-refractivity contribution in [2.24, 2.45) is 5.92 Å². The smallest absolute Gasteiger partial charge is 0.326 e. The molecule has 1 aromatic carbocycles. The van der Waals surface area contributed by atoms with Crippen LogP contribution in [0.1, 0.15) is 18.7 Å². The second kappa shape index (κ2) is 7.38. The van der Waals surface area contributed by atoms with E-state index in [-0.39, 0.29) is 18.2 Å². The number of para-hydroxylation sites is 1. The molecule has 2 atom stereocenters. The number of amides is 1. The van der Waals surface area contributed by atoms with Crippen LogP contribution in [0, 0.1) is 12.8 Å². The molecular formula is C21H20N6O4. The standard InChI is InChI=1S/C21H20N6O4/c1-11-24-18-14-4-2-3-5-16(14)31-19(18)20(25-11)27-10-12(6-15(27)21(29)30)7-17(28)26-13-8-22-23-9-13/h2-5,8-9,12,15H,6-7,10H2,1H3,(H,22,23)(H,26,28)(H,29,30)/t12?,15-/m1/s1. The van der Waals surface area contributed by atoms with Crippen LogP contribution in [-0.4, -0.2) is 49.7 Å². The summed E-state index contributed by atoms with van der Waals surface area (Å²) in [7, 11) is 0. The van der Waals surface area contributed by atoms with Gasteiger partial charge in [-0.1, -0.05) is 12.1 Å². The summed E-state index contributed by atoms with van der Waals surface area (Å²) in [6.45, 7) is 2.14. The molecule has 0 saturated carbocycles. The Labute approximate surface area is 176 Å². The van der Waals surface area contributed by atoms with Crippen LogP contribution in [0.25, 0.3) is 22.1 Å². The lowest BCUT2D eigenvalue weighted by Gasteiger charge is -2.22. The Bertz CT molecular complexity index is 1280. The van der Waals surface area contributed by atoms with Crippen LogP contribution in [0.3, 0.4) is 0 Å². The van der Waals surface area contributed by atoms with E-state index in [1.165, 1.54) is 6.20 Å². The van der Waals surface area contributed by atoms with Crippen LogP contribution in [0.5, 0.6) is 0 Å². The molecule has 0 spiro atoms. The summed E-state index contributed by atoms with van der Waals surface area (Å²) in [4.78, 5) is 35.2. The third-order valence-corrected chi connectivity index (χ3v) is 5.51. The van der Waals surface area contributed by atoms with E-state index in [9.17, 15) is 14.7 Å². The number of aliphatic carboxylic acids is 1. The number of nitrogens with one attached hydrogen (secondary N) is 2. The fourth-order valence-corrected chi connectivity index (χ4v) is 4.21. The van der Waals surface area contributed by atoms with Gasteiger partial charge in [-0.25, -0.2) is 14.8 Å². The summed E-state index contributed by atoms with van der Waals surface area (Å²) >= 11 is 0. The van der Waals surface area contributed by atoms with Crippen LogP contribution in [0.4, 0.5) is 11.5 Å². The molecule has 5 rings (SSSR count). The zero-order valence-electron chi connectivity index (χ0n) is 16.7. The number of carboxylic acid groups (broad SMARTS) is 1. The van der Waals surface area contributed by atoms with Crippen molar-refractivity contribution in [2.75, 3.05) is 16.8 Å². The fourth-order valence-electron chi connectivity index (χ4n) is 4.21. The predicted molar refractivity (Wildman–Crippen MR) is 113 cm³/mol. The zero-order chi connectivity index (χ0) is 21.5. The van der Waals surface area contributed by atoms with Gasteiger partial charge in [-0.2, -0.15) is 5.10 Å². The minimum Gasteiger partial charge on any atom is -0.480 e. The van der Waals surface area contributed by atoms with Crippen molar-refractivity contribution in [3.8, 4) is 0 Å². The Morgan fingerprint density at radius 3 is 2.94 bits per heavy atom. The number of carbonyl (C=O) groups excluding carboxylic acids is 1. The number of carbonyl (C=O) groups is 2. The van der Waals surface area contributed by atoms with Crippen LogP contribution in [-0.2, 0) is 9.59 Å². The number of hydrogen-bond donors (Lipinski definition) is 3. The summed E-state index contributed by atoms with van der Waals surface area (Å²) in [5, 5.41) is 19.9. The van der Waals surface area contributed by atoms with E-state index < -0.39 is 12.0 Å². The van der Waals surface area contributed by atoms with Gasteiger partial charge in [0.2, 0.25) is 5.91 Å². The number of hydrogen-bond acceptors (Lipinski definition) is 7. The van der Waals surface area contributed by atoms with Crippen molar-refractivity contribution in [2.45, 2.75) is 25.8 Å². The van der Waals surface area contributed by atoms with Gasteiger partial charge in [-0.15, -0.1) is 0 Å². The number of carboxylic acids is 1. The van der Waals surface area contributed by atoms with Crippen molar-refractivity contribution in [3.63, 3.8) is 0 Å². The molecule has 10 heteroatoms. The van der Waals surface area contributed by atoms with Crippen molar-refractivity contribution < 1.29 is 19.1 Å². The molecule has 1 unspecified atom stereocenters. The average Bonchev–Trinajstić information content (AvgIpc) is 3.46. The maximum atomic E-state index is 12.4. The van der Waals surface area contributed by atoms with Crippen LogP contribution >= 0.6 is 0 Å². The van der Waals surface area contributed by atoms with E-state index in [0.717, 1.165) is 5.39 Å². The van der Waals surface area contributed by atoms with Crippen LogP contribution < -0.4 is 10.2 Å². The SMILES string of the molecule is Cc1nc(N2CC(CC(=O)Nc3cn[nH]c3)C[C@@H]2C(=O)O)c2oc3ccccc3c2n1. The lowest BCUT2D eigenvalue weighted by molar-refractivity contribution is -0.138. The van der Waals surface area contributed by atoms with Gasteiger partial charge in [-0.3, -0.25) is 9.89 Å². The average molecular weight is 420 g/mol. The van der Waals surface area contributed by atoms with Gasteiger partial charge in [0.1, 0.15) is 23.0 Å². The molecule has 3 N–H and O–H groups in total. The van der Waals surface area contributed by atoms with Crippen molar-refractivity contribution in [1.82, 2.24) is 20.2 Å². The highest BCUT2D eigenvalue weighted by atomic mass is 16.4. The van der Waals surface area contributed by atoms with Gasteiger partial charge in [0.25, 0.3) is 0 Å². The number of fused-ring (bicyclic) bond motifs is 3. The quantitative estimate of drug-likeness (QED) is 0.448. The molecule has 1 saturated heterocycles. The van der Waals surface area contributed by atoms with E-state index in [1.807, 2.05) is 24.3 Å². The molecule has 1 amide bonds. The number of H-pyrrole nitrogens is 1. The van der Waals surface area contributed by atoms with Crippen molar-refractivity contribution in [1.29, 1.82) is 0 Å². The third kappa shape index (κ3) is 3.45. The summed E-state index contributed by atoms with van der Waals surface area (Å²) in [5.74, 6) is -0.325. The molecule has 4 aromatic rings. The van der Waals surface area contributed by atoms with Crippen LogP contribution in [0.2, 0.25) is 0 Å². The van der Waals surface area contributed by atoms with Crippen molar-refractivity contribution >= 4 is 45.5 Å². The van der Waals surface area contributed by atoms with Gasteiger partial charge in [0.15, 0.2) is 11.4 Å². The first-order chi connectivity index (χ1) is 15.0. The second-order valence-corrected chi connectivity index (χ2v) is 7.72. The molecule has 4 heterocycles. The number of aromatic nitrogens is 4. The Morgan fingerprint density at radius 2 is 2.16 bits per heavy atom. The molecule has 1 aliphatic rings.